The van der Waals surface area contributed by atoms with Crippen molar-refractivity contribution in [3.8, 4) is 0 Å². The number of amides is 1. The molecule has 1 aliphatic heterocycles. The Hall–Kier alpha value is -1.62. The van der Waals surface area contributed by atoms with Gasteiger partial charge in [-0.05, 0) is 38.8 Å². The predicted molar refractivity (Wildman–Crippen MR) is 95.7 cm³/mol. The third-order valence-corrected chi connectivity index (χ3v) is 4.92. The van der Waals surface area contributed by atoms with Gasteiger partial charge in [0.2, 0.25) is 0 Å². The Kier molecular flexibility index (Phi) is 6.21. The van der Waals surface area contributed by atoms with Crippen LogP contribution in [0.3, 0.4) is 0 Å². The molecule has 0 aliphatic carbocycles. The van der Waals surface area contributed by atoms with Crippen LogP contribution in [0.15, 0.2) is 15.3 Å². The van der Waals surface area contributed by atoms with E-state index < -0.39 is 5.63 Å². The van der Waals surface area contributed by atoms with Crippen molar-refractivity contribution in [2.45, 2.75) is 59.4 Å². The third-order valence-electron chi connectivity index (χ3n) is 4.92. The number of piperazine rings is 1. The van der Waals surface area contributed by atoms with Crippen molar-refractivity contribution in [2.75, 3.05) is 26.2 Å². The maximum absolute atomic E-state index is 12.8. The maximum atomic E-state index is 12.8. The number of nitrogens with zero attached hydrogens (tertiary/aromatic N) is 2. The number of hydrogen-bond acceptors (Lipinski definition) is 4. The van der Waals surface area contributed by atoms with Crippen LogP contribution in [0.4, 0.5) is 0 Å². The zero-order valence-electron chi connectivity index (χ0n) is 15.6. The summed E-state index contributed by atoms with van der Waals surface area (Å²) in [6.07, 6.45) is 2.00. The van der Waals surface area contributed by atoms with Gasteiger partial charge in [0.05, 0.1) is 0 Å². The molecule has 2 rings (SSSR count). The quantitative estimate of drug-likeness (QED) is 0.830. The van der Waals surface area contributed by atoms with Crippen LogP contribution >= 0.6 is 0 Å². The minimum absolute atomic E-state index is 0.195. The Balaban J connectivity index is 2.17. The highest BCUT2D eigenvalue weighted by Crippen LogP contribution is 2.22. The molecule has 1 aromatic heterocycles. The summed E-state index contributed by atoms with van der Waals surface area (Å²) in [5.41, 5.74) is 0.421. The van der Waals surface area contributed by atoms with Crippen LogP contribution in [0.25, 0.3) is 0 Å². The Labute approximate surface area is 144 Å². The highest BCUT2D eigenvalue weighted by Gasteiger charge is 2.27. The fourth-order valence-electron chi connectivity index (χ4n) is 3.31. The molecule has 2 heterocycles. The Morgan fingerprint density at radius 1 is 1.21 bits per heavy atom. The summed E-state index contributed by atoms with van der Waals surface area (Å²) in [6, 6.07) is 2.34. The zero-order chi connectivity index (χ0) is 17.9. The highest BCUT2D eigenvalue weighted by molar-refractivity contribution is 5.95. The van der Waals surface area contributed by atoms with E-state index in [9.17, 15) is 9.59 Å². The number of rotatable bonds is 5. The van der Waals surface area contributed by atoms with Crippen molar-refractivity contribution in [2.24, 2.45) is 0 Å². The molecule has 1 aromatic rings. The first-order valence-corrected chi connectivity index (χ1v) is 9.03. The Bertz CT molecular complexity index is 628. The van der Waals surface area contributed by atoms with Crippen molar-refractivity contribution >= 4 is 5.91 Å². The molecule has 1 saturated heterocycles. The molecular formula is C19H30N2O3. The average molecular weight is 334 g/mol. The molecule has 5 nitrogen and oxygen atoms in total. The topological polar surface area (TPSA) is 53.8 Å². The second-order valence-electron chi connectivity index (χ2n) is 7.11. The molecule has 0 aromatic carbocycles. The molecule has 1 unspecified atom stereocenters. The third kappa shape index (κ3) is 4.07. The van der Waals surface area contributed by atoms with E-state index in [2.05, 4.69) is 25.7 Å². The molecule has 0 bridgehead atoms. The Morgan fingerprint density at radius 2 is 1.83 bits per heavy atom. The van der Waals surface area contributed by atoms with Gasteiger partial charge in [-0.2, -0.15) is 0 Å². The second-order valence-corrected chi connectivity index (χ2v) is 7.11. The van der Waals surface area contributed by atoms with E-state index in [1.165, 1.54) is 0 Å². The van der Waals surface area contributed by atoms with Crippen molar-refractivity contribution < 1.29 is 9.21 Å². The van der Waals surface area contributed by atoms with Gasteiger partial charge in [0, 0.05) is 38.1 Å². The van der Waals surface area contributed by atoms with E-state index in [-0.39, 0.29) is 17.4 Å². The summed E-state index contributed by atoms with van der Waals surface area (Å²) < 4.78 is 5.46. The van der Waals surface area contributed by atoms with Gasteiger partial charge in [-0.3, -0.25) is 9.69 Å². The fraction of sp³-hybridized carbons (Fsp3) is 0.684. The smallest absolute Gasteiger partial charge is 0.349 e. The normalized spacial score (nSPS) is 17.3. The van der Waals surface area contributed by atoms with E-state index in [4.69, 9.17) is 4.42 Å². The molecule has 0 saturated carbocycles. The lowest BCUT2D eigenvalue weighted by molar-refractivity contribution is 0.0590. The van der Waals surface area contributed by atoms with Crippen LogP contribution in [0.1, 0.15) is 68.1 Å². The van der Waals surface area contributed by atoms with Crippen LogP contribution in [-0.2, 0) is 0 Å². The van der Waals surface area contributed by atoms with E-state index >= 15 is 0 Å². The van der Waals surface area contributed by atoms with E-state index in [0.29, 0.717) is 24.9 Å². The van der Waals surface area contributed by atoms with Crippen LogP contribution in [-0.4, -0.2) is 47.9 Å². The molecule has 1 amide bonds. The molecule has 5 heteroatoms. The van der Waals surface area contributed by atoms with Gasteiger partial charge >= 0.3 is 5.63 Å². The fourth-order valence-corrected chi connectivity index (χ4v) is 3.31. The molecule has 0 N–H and O–H groups in total. The summed E-state index contributed by atoms with van der Waals surface area (Å²) >= 11 is 0. The minimum atomic E-state index is -0.496. The van der Waals surface area contributed by atoms with Gasteiger partial charge in [0.15, 0.2) is 0 Å². The van der Waals surface area contributed by atoms with Crippen LogP contribution < -0.4 is 5.63 Å². The lowest BCUT2D eigenvalue weighted by atomic mass is 10.00. The van der Waals surface area contributed by atoms with Crippen LogP contribution in [0, 0.1) is 6.92 Å². The molecule has 0 spiro atoms. The van der Waals surface area contributed by atoms with Gasteiger partial charge in [-0.15, -0.1) is 0 Å². The van der Waals surface area contributed by atoms with Gasteiger partial charge in [-0.25, -0.2) is 4.79 Å². The number of carbonyl (C=O) groups excluding carboxylic acids is 1. The van der Waals surface area contributed by atoms with E-state index in [1.54, 1.807) is 4.90 Å². The Morgan fingerprint density at radius 3 is 2.33 bits per heavy atom. The lowest BCUT2D eigenvalue weighted by Crippen LogP contribution is -2.51. The predicted octanol–water partition coefficient (Wildman–Crippen LogP) is 3.02. The first-order valence-electron chi connectivity index (χ1n) is 9.03. The molecule has 0 radical (unpaired) electrons. The highest BCUT2D eigenvalue weighted by atomic mass is 16.4. The van der Waals surface area contributed by atoms with Gasteiger partial charge in [0.1, 0.15) is 11.3 Å². The summed E-state index contributed by atoms with van der Waals surface area (Å²) in [5.74, 6) is 0.681. The van der Waals surface area contributed by atoms with Crippen LogP contribution in [0.2, 0.25) is 0 Å². The summed E-state index contributed by atoms with van der Waals surface area (Å²) in [7, 11) is 0. The van der Waals surface area contributed by atoms with E-state index in [1.807, 2.05) is 19.9 Å². The average Bonchev–Trinajstić information content (AvgIpc) is 2.54. The zero-order valence-corrected chi connectivity index (χ0v) is 15.6. The van der Waals surface area contributed by atoms with Gasteiger partial charge in [-0.1, -0.05) is 20.3 Å². The summed E-state index contributed by atoms with van der Waals surface area (Å²) in [4.78, 5) is 29.3. The largest absolute Gasteiger partial charge is 0.427 e. The van der Waals surface area contributed by atoms with Gasteiger partial charge < -0.3 is 9.32 Å². The number of carbonyl (C=O) groups is 1. The number of hydrogen-bond donors (Lipinski definition) is 0. The SMILES string of the molecule is CCCC(C)c1cc(C)c(C(=O)N2CCN(C(C)C)CC2)c(=O)o1. The molecule has 1 atom stereocenters. The molecule has 1 fully saturated rings. The van der Waals surface area contributed by atoms with Crippen molar-refractivity contribution in [1.29, 1.82) is 0 Å². The van der Waals surface area contributed by atoms with Gasteiger partial charge in [0.25, 0.3) is 5.91 Å². The minimum Gasteiger partial charge on any atom is -0.427 e. The molecular weight excluding hydrogens is 304 g/mol. The maximum Gasteiger partial charge on any atom is 0.349 e. The first kappa shape index (κ1) is 18.7. The van der Waals surface area contributed by atoms with E-state index in [0.717, 1.165) is 31.5 Å². The standard InChI is InChI=1S/C19H30N2O3/c1-6-7-14(4)16-12-15(5)17(19(23)24-16)18(22)21-10-8-20(9-11-21)13(2)3/h12-14H,6-11H2,1-5H3. The lowest BCUT2D eigenvalue weighted by Gasteiger charge is -2.36. The van der Waals surface area contributed by atoms with Crippen molar-refractivity contribution in [3.05, 3.63) is 33.4 Å². The number of aryl methyl sites for hydroxylation is 1. The van der Waals surface area contributed by atoms with Crippen molar-refractivity contribution in [1.82, 2.24) is 9.80 Å². The molecule has 134 valence electrons. The second kappa shape index (κ2) is 7.97. The summed E-state index contributed by atoms with van der Waals surface area (Å²) in [6.45, 7) is 13.3. The molecule has 24 heavy (non-hydrogen) atoms. The van der Waals surface area contributed by atoms with Crippen LogP contribution in [0.5, 0.6) is 0 Å². The monoisotopic (exact) mass is 334 g/mol. The van der Waals surface area contributed by atoms with Crippen molar-refractivity contribution in [3.63, 3.8) is 0 Å². The first-order chi connectivity index (χ1) is 11.3. The molecule has 1 aliphatic rings. The summed E-state index contributed by atoms with van der Waals surface area (Å²) in [5, 5.41) is 0.